The lowest BCUT2D eigenvalue weighted by atomic mass is 10.0. The van der Waals surface area contributed by atoms with Crippen molar-refractivity contribution < 1.29 is 9.53 Å². The number of rotatable bonds is 7. The van der Waals surface area contributed by atoms with Gasteiger partial charge < -0.3 is 10.1 Å². The second-order valence-electron chi connectivity index (χ2n) is 4.82. The second-order valence-corrected chi connectivity index (χ2v) is 4.82. The van der Waals surface area contributed by atoms with E-state index in [4.69, 9.17) is 10.00 Å². The molecule has 4 heteroatoms. The second kappa shape index (κ2) is 8.21. The summed E-state index contributed by atoms with van der Waals surface area (Å²) in [6, 6.07) is 8.78. The maximum Gasteiger partial charge on any atom is 0.260 e. The van der Waals surface area contributed by atoms with Gasteiger partial charge >= 0.3 is 0 Å². The lowest BCUT2D eigenvalue weighted by Gasteiger charge is -2.17. The molecule has 0 saturated heterocycles. The van der Waals surface area contributed by atoms with E-state index in [1.807, 2.05) is 6.07 Å². The molecule has 0 aliphatic heterocycles. The zero-order chi connectivity index (χ0) is 15.0. The van der Waals surface area contributed by atoms with Crippen molar-refractivity contribution in [2.24, 2.45) is 5.92 Å². The SMILES string of the molecule is CCC(CC)CNC(=O)C(C)Oc1ccc(C#N)cc1. The summed E-state index contributed by atoms with van der Waals surface area (Å²) in [6.45, 7) is 6.65. The number of nitriles is 1. The van der Waals surface area contributed by atoms with Gasteiger partial charge in [0.2, 0.25) is 0 Å². The van der Waals surface area contributed by atoms with Crippen molar-refractivity contribution in [1.29, 1.82) is 5.26 Å². The van der Waals surface area contributed by atoms with E-state index in [0.29, 0.717) is 23.8 Å². The molecule has 0 spiro atoms. The highest BCUT2D eigenvalue weighted by Crippen LogP contribution is 2.13. The fourth-order valence-corrected chi connectivity index (χ4v) is 1.83. The minimum atomic E-state index is -0.544. The molecule has 0 aliphatic carbocycles. The summed E-state index contributed by atoms with van der Waals surface area (Å²) >= 11 is 0. The Balaban J connectivity index is 2.46. The van der Waals surface area contributed by atoms with Gasteiger partial charge in [0.05, 0.1) is 11.6 Å². The van der Waals surface area contributed by atoms with Gasteiger partial charge in [0, 0.05) is 6.54 Å². The summed E-state index contributed by atoms with van der Waals surface area (Å²) in [6.07, 6.45) is 1.57. The molecule has 0 saturated carbocycles. The van der Waals surface area contributed by atoms with Crippen LogP contribution in [0.4, 0.5) is 0 Å². The third-order valence-corrected chi connectivity index (χ3v) is 3.39. The summed E-state index contributed by atoms with van der Waals surface area (Å²) in [5.41, 5.74) is 0.572. The van der Waals surface area contributed by atoms with Gasteiger partial charge in [-0.3, -0.25) is 4.79 Å². The summed E-state index contributed by atoms with van der Waals surface area (Å²) in [4.78, 5) is 11.9. The van der Waals surface area contributed by atoms with Gasteiger partial charge in [0.1, 0.15) is 5.75 Å². The molecule has 1 aromatic carbocycles. The Kier molecular flexibility index (Phi) is 6.58. The predicted octanol–water partition coefficient (Wildman–Crippen LogP) is 2.88. The van der Waals surface area contributed by atoms with Crippen molar-refractivity contribution in [1.82, 2.24) is 5.32 Å². The average Bonchev–Trinajstić information content (AvgIpc) is 2.48. The molecule has 1 aromatic rings. The highest BCUT2D eigenvalue weighted by Gasteiger charge is 2.15. The number of carbonyl (C=O) groups excluding carboxylic acids is 1. The van der Waals surface area contributed by atoms with Crippen molar-refractivity contribution in [3.63, 3.8) is 0 Å². The Morgan fingerprint density at radius 2 is 1.90 bits per heavy atom. The van der Waals surface area contributed by atoms with E-state index in [0.717, 1.165) is 12.8 Å². The van der Waals surface area contributed by atoms with Crippen LogP contribution >= 0.6 is 0 Å². The van der Waals surface area contributed by atoms with Gasteiger partial charge in [0.15, 0.2) is 6.10 Å². The maximum atomic E-state index is 11.9. The Morgan fingerprint density at radius 1 is 1.30 bits per heavy atom. The first-order valence-corrected chi connectivity index (χ1v) is 7.05. The van der Waals surface area contributed by atoms with E-state index < -0.39 is 6.10 Å². The molecule has 0 aliphatic rings. The first-order valence-electron chi connectivity index (χ1n) is 7.05. The molecule has 1 unspecified atom stereocenters. The van der Waals surface area contributed by atoms with Crippen LogP contribution < -0.4 is 10.1 Å². The minimum Gasteiger partial charge on any atom is -0.481 e. The zero-order valence-electron chi connectivity index (χ0n) is 12.3. The molecule has 0 bridgehead atoms. The molecule has 0 heterocycles. The van der Waals surface area contributed by atoms with Gasteiger partial charge in [-0.2, -0.15) is 5.26 Å². The quantitative estimate of drug-likeness (QED) is 0.831. The molecule has 1 atom stereocenters. The monoisotopic (exact) mass is 274 g/mol. The molecule has 1 amide bonds. The van der Waals surface area contributed by atoms with Crippen LogP contribution in [0.25, 0.3) is 0 Å². The minimum absolute atomic E-state index is 0.110. The lowest BCUT2D eigenvalue weighted by molar-refractivity contribution is -0.127. The average molecular weight is 274 g/mol. The van der Waals surface area contributed by atoms with E-state index in [-0.39, 0.29) is 5.91 Å². The van der Waals surface area contributed by atoms with Crippen molar-refractivity contribution >= 4 is 5.91 Å². The largest absolute Gasteiger partial charge is 0.481 e. The number of benzene rings is 1. The van der Waals surface area contributed by atoms with E-state index in [2.05, 4.69) is 19.2 Å². The predicted molar refractivity (Wildman–Crippen MR) is 78.3 cm³/mol. The first-order chi connectivity index (χ1) is 9.60. The van der Waals surface area contributed by atoms with Gasteiger partial charge in [0.25, 0.3) is 5.91 Å². The number of amides is 1. The molecule has 4 nitrogen and oxygen atoms in total. The fourth-order valence-electron chi connectivity index (χ4n) is 1.83. The summed E-state index contributed by atoms with van der Waals surface area (Å²) in [7, 11) is 0. The Labute approximate surface area is 120 Å². The third-order valence-electron chi connectivity index (χ3n) is 3.39. The van der Waals surface area contributed by atoms with E-state index in [1.54, 1.807) is 31.2 Å². The number of hydrogen-bond donors (Lipinski definition) is 1. The summed E-state index contributed by atoms with van der Waals surface area (Å²) < 4.78 is 5.55. The van der Waals surface area contributed by atoms with Crippen LogP contribution in [-0.4, -0.2) is 18.6 Å². The summed E-state index contributed by atoms with van der Waals surface area (Å²) in [5.74, 6) is 0.997. The van der Waals surface area contributed by atoms with E-state index >= 15 is 0 Å². The van der Waals surface area contributed by atoms with Crippen molar-refractivity contribution in [3.05, 3.63) is 29.8 Å². The molecule has 0 radical (unpaired) electrons. The van der Waals surface area contributed by atoms with Crippen LogP contribution in [0, 0.1) is 17.2 Å². The Hall–Kier alpha value is -2.02. The zero-order valence-corrected chi connectivity index (χ0v) is 12.3. The van der Waals surface area contributed by atoms with Gasteiger partial charge in [-0.15, -0.1) is 0 Å². The lowest BCUT2D eigenvalue weighted by Crippen LogP contribution is -2.38. The molecular formula is C16H22N2O2. The third kappa shape index (κ3) is 4.93. The van der Waals surface area contributed by atoms with E-state index in [9.17, 15) is 4.79 Å². The summed E-state index contributed by atoms with van der Waals surface area (Å²) in [5, 5.41) is 11.6. The maximum absolute atomic E-state index is 11.9. The fraction of sp³-hybridized carbons (Fsp3) is 0.500. The van der Waals surface area contributed by atoms with Crippen molar-refractivity contribution in [2.45, 2.75) is 39.7 Å². The Bertz CT molecular complexity index is 458. The van der Waals surface area contributed by atoms with Gasteiger partial charge in [-0.25, -0.2) is 0 Å². The van der Waals surface area contributed by atoms with E-state index in [1.165, 1.54) is 0 Å². The van der Waals surface area contributed by atoms with Crippen LogP contribution in [0.2, 0.25) is 0 Å². The topological polar surface area (TPSA) is 62.1 Å². The molecule has 0 fully saturated rings. The highest BCUT2D eigenvalue weighted by atomic mass is 16.5. The molecule has 1 rings (SSSR count). The van der Waals surface area contributed by atoms with Crippen LogP contribution in [0.15, 0.2) is 24.3 Å². The van der Waals surface area contributed by atoms with Crippen molar-refractivity contribution in [2.75, 3.05) is 6.54 Å². The van der Waals surface area contributed by atoms with Gasteiger partial charge in [-0.1, -0.05) is 26.7 Å². The standard InChI is InChI=1S/C16H22N2O2/c1-4-13(5-2)11-18-16(19)12(3)20-15-8-6-14(10-17)7-9-15/h6-9,12-13H,4-5,11H2,1-3H3,(H,18,19). The molecule has 0 aromatic heterocycles. The van der Waals surface area contributed by atoms with Crippen LogP contribution in [0.3, 0.4) is 0 Å². The molecule has 20 heavy (non-hydrogen) atoms. The van der Waals surface area contributed by atoms with Crippen LogP contribution in [-0.2, 0) is 4.79 Å². The number of nitrogens with one attached hydrogen (secondary N) is 1. The van der Waals surface area contributed by atoms with Crippen molar-refractivity contribution in [3.8, 4) is 11.8 Å². The normalized spacial score (nSPS) is 11.8. The van der Waals surface area contributed by atoms with Crippen LogP contribution in [0.5, 0.6) is 5.75 Å². The number of carbonyl (C=O) groups is 1. The number of ether oxygens (including phenoxy) is 1. The number of nitrogens with zero attached hydrogens (tertiary/aromatic N) is 1. The molecule has 1 N–H and O–H groups in total. The smallest absolute Gasteiger partial charge is 0.260 e. The molecular weight excluding hydrogens is 252 g/mol. The highest BCUT2D eigenvalue weighted by molar-refractivity contribution is 5.80. The van der Waals surface area contributed by atoms with Gasteiger partial charge in [-0.05, 0) is 37.1 Å². The molecule has 108 valence electrons. The number of hydrogen-bond acceptors (Lipinski definition) is 3. The van der Waals surface area contributed by atoms with Crippen LogP contribution in [0.1, 0.15) is 39.2 Å². The first kappa shape index (κ1) is 16.0. The Morgan fingerprint density at radius 3 is 2.40 bits per heavy atom.